The summed E-state index contributed by atoms with van der Waals surface area (Å²) in [4.78, 5) is 15.7. The van der Waals surface area contributed by atoms with Gasteiger partial charge in [0, 0.05) is 42.0 Å². The lowest BCUT2D eigenvalue weighted by atomic mass is 9.65. The number of amides is 2. The third-order valence-corrected chi connectivity index (χ3v) is 10.6. The van der Waals surface area contributed by atoms with Crippen molar-refractivity contribution in [2.45, 2.75) is 78.1 Å². The Balaban J connectivity index is 1.06. The Morgan fingerprint density at radius 1 is 0.840 bits per heavy atom. The number of carbonyl (C=O) groups is 1. The molecular formula is C42H49N3O5. The fourth-order valence-corrected chi connectivity index (χ4v) is 8.64. The number of para-hydroxylation sites is 1. The van der Waals surface area contributed by atoms with E-state index in [4.69, 9.17) is 14.2 Å². The van der Waals surface area contributed by atoms with Crippen molar-refractivity contribution in [2.24, 2.45) is 16.7 Å². The van der Waals surface area contributed by atoms with E-state index in [9.17, 15) is 9.90 Å². The van der Waals surface area contributed by atoms with Crippen molar-refractivity contribution in [3.63, 3.8) is 0 Å². The molecule has 50 heavy (non-hydrogen) atoms. The van der Waals surface area contributed by atoms with Crippen LogP contribution in [0, 0.1) is 16.7 Å². The maximum absolute atomic E-state index is 13.0. The molecule has 0 radical (unpaired) electrons. The first-order chi connectivity index (χ1) is 24.0. The Hall–Kier alpha value is -4.21. The highest BCUT2D eigenvalue weighted by Crippen LogP contribution is 2.53. The van der Waals surface area contributed by atoms with Gasteiger partial charge in [0.2, 0.25) is 0 Å². The van der Waals surface area contributed by atoms with Gasteiger partial charge in [-0.15, -0.1) is 0 Å². The molecular weight excluding hydrogens is 626 g/mol. The summed E-state index contributed by atoms with van der Waals surface area (Å²) >= 11 is 0. The van der Waals surface area contributed by atoms with Crippen LogP contribution in [-0.4, -0.2) is 41.3 Å². The van der Waals surface area contributed by atoms with Crippen molar-refractivity contribution in [2.75, 3.05) is 23.7 Å². The average Bonchev–Trinajstić information content (AvgIpc) is 3.34. The van der Waals surface area contributed by atoms with E-state index in [1.54, 1.807) is 0 Å². The second kappa shape index (κ2) is 14.2. The molecule has 2 aliphatic heterocycles. The topological polar surface area (TPSA) is 92.3 Å². The fraction of sp³-hybridized carbons (Fsp3) is 0.405. The molecule has 2 bridgehead atoms. The highest BCUT2D eigenvalue weighted by atomic mass is 16.7. The maximum atomic E-state index is 13.0. The zero-order valence-corrected chi connectivity index (χ0v) is 29.5. The molecule has 1 saturated carbocycles. The Morgan fingerprint density at radius 3 is 2.30 bits per heavy atom. The first kappa shape index (κ1) is 34.2. The summed E-state index contributed by atoms with van der Waals surface area (Å²) in [5.74, 6) is 1.54. The van der Waals surface area contributed by atoms with E-state index in [1.807, 2.05) is 91.0 Å². The summed E-state index contributed by atoms with van der Waals surface area (Å²) in [6, 6.07) is 32.8. The van der Waals surface area contributed by atoms with Crippen LogP contribution in [0.3, 0.4) is 0 Å². The number of urea groups is 1. The van der Waals surface area contributed by atoms with Crippen molar-refractivity contribution in [1.82, 2.24) is 4.90 Å². The van der Waals surface area contributed by atoms with Gasteiger partial charge in [-0.1, -0.05) is 82.3 Å². The molecule has 8 nitrogen and oxygen atoms in total. The Bertz CT molecular complexity index is 1760. The van der Waals surface area contributed by atoms with Gasteiger partial charge < -0.3 is 30.0 Å². The second-order valence-corrected chi connectivity index (χ2v) is 15.6. The van der Waals surface area contributed by atoms with Crippen LogP contribution < -0.4 is 15.4 Å². The van der Waals surface area contributed by atoms with E-state index in [0.717, 1.165) is 35.5 Å². The highest BCUT2D eigenvalue weighted by molar-refractivity contribution is 5.99. The molecule has 3 aliphatic rings. The van der Waals surface area contributed by atoms with Gasteiger partial charge >= 0.3 is 6.03 Å². The van der Waals surface area contributed by atoms with Gasteiger partial charge in [0.15, 0.2) is 6.29 Å². The van der Waals surface area contributed by atoms with Gasteiger partial charge in [0.25, 0.3) is 0 Å². The van der Waals surface area contributed by atoms with Crippen molar-refractivity contribution < 1.29 is 24.1 Å². The molecule has 1 aliphatic carbocycles. The SMILES string of the molecule is C[C@@H]1[C@H](CN2CC3(C)CC2CC(C)(C)C3)O[C@H](c2cccc(NC(=O)Nc3ccc(Oc4ccccc4)cc3)c2)O[C@@H]1c1ccc(CO)cc1. The number of aliphatic hydroxyl groups is 1. The lowest BCUT2D eigenvalue weighted by molar-refractivity contribution is -0.276. The van der Waals surface area contributed by atoms with Crippen LogP contribution >= 0.6 is 0 Å². The third kappa shape index (κ3) is 7.89. The number of nitrogens with zero attached hydrogens (tertiary/aromatic N) is 1. The zero-order valence-electron chi connectivity index (χ0n) is 29.5. The minimum atomic E-state index is -0.616. The first-order valence-electron chi connectivity index (χ1n) is 17.8. The molecule has 2 unspecified atom stereocenters. The van der Waals surface area contributed by atoms with Crippen LogP contribution in [-0.2, 0) is 16.1 Å². The van der Waals surface area contributed by atoms with Gasteiger partial charge in [0.1, 0.15) is 11.5 Å². The number of hydrogen-bond acceptors (Lipinski definition) is 6. The fourth-order valence-electron chi connectivity index (χ4n) is 8.64. The normalized spacial score (nSPS) is 27.4. The molecule has 8 heteroatoms. The highest BCUT2D eigenvalue weighted by Gasteiger charge is 2.51. The van der Waals surface area contributed by atoms with Crippen LogP contribution in [0.1, 0.15) is 76.0 Å². The quantitative estimate of drug-likeness (QED) is 0.164. The van der Waals surface area contributed by atoms with E-state index in [-0.39, 0.29) is 30.8 Å². The third-order valence-electron chi connectivity index (χ3n) is 10.6. The molecule has 262 valence electrons. The second-order valence-electron chi connectivity index (χ2n) is 15.6. The van der Waals surface area contributed by atoms with Crippen molar-refractivity contribution >= 4 is 17.4 Å². The summed E-state index contributed by atoms with van der Waals surface area (Å²) < 4.78 is 19.5. The van der Waals surface area contributed by atoms with E-state index in [2.05, 4.69) is 55.4 Å². The summed E-state index contributed by atoms with van der Waals surface area (Å²) in [6.07, 6.45) is 2.82. The predicted octanol–water partition coefficient (Wildman–Crippen LogP) is 9.31. The molecule has 4 aromatic carbocycles. The number of aliphatic hydroxyl groups excluding tert-OH is 1. The predicted molar refractivity (Wildman–Crippen MR) is 196 cm³/mol. The number of anilines is 2. The van der Waals surface area contributed by atoms with Gasteiger partial charge in [-0.3, -0.25) is 4.90 Å². The molecule has 2 heterocycles. The monoisotopic (exact) mass is 675 g/mol. The van der Waals surface area contributed by atoms with Gasteiger partial charge in [-0.2, -0.15) is 0 Å². The van der Waals surface area contributed by atoms with Crippen LogP contribution in [0.4, 0.5) is 16.2 Å². The van der Waals surface area contributed by atoms with Crippen LogP contribution in [0.25, 0.3) is 0 Å². The number of hydrogen-bond donors (Lipinski definition) is 3. The summed E-state index contributed by atoms with van der Waals surface area (Å²) in [5, 5.41) is 15.5. The van der Waals surface area contributed by atoms with Crippen LogP contribution in [0.15, 0.2) is 103 Å². The summed E-state index contributed by atoms with van der Waals surface area (Å²) in [5.41, 5.74) is 4.73. The van der Waals surface area contributed by atoms with Crippen molar-refractivity contribution in [3.05, 3.63) is 120 Å². The van der Waals surface area contributed by atoms with E-state index in [0.29, 0.717) is 34.0 Å². The number of fused-ring (bicyclic) bond motifs is 2. The Kier molecular flexibility index (Phi) is 9.72. The number of benzene rings is 4. The molecule has 3 fully saturated rings. The number of ether oxygens (including phenoxy) is 3. The maximum Gasteiger partial charge on any atom is 0.323 e. The number of nitrogens with one attached hydrogen (secondary N) is 2. The summed E-state index contributed by atoms with van der Waals surface area (Å²) in [6.45, 7) is 11.4. The first-order valence-corrected chi connectivity index (χ1v) is 17.8. The van der Waals surface area contributed by atoms with E-state index in [1.165, 1.54) is 19.3 Å². The number of likely N-dealkylation sites (tertiary alicyclic amines) is 1. The zero-order chi connectivity index (χ0) is 34.9. The molecule has 2 saturated heterocycles. The van der Waals surface area contributed by atoms with Crippen molar-refractivity contribution in [1.29, 1.82) is 0 Å². The van der Waals surface area contributed by atoms with Crippen LogP contribution in [0.5, 0.6) is 11.5 Å². The molecule has 4 aromatic rings. The number of carbonyl (C=O) groups excluding carboxylic acids is 1. The Labute approximate surface area is 295 Å². The molecule has 2 amide bonds. The Morgan fingerprint density at radius 2 is 1.56 bits per heavy atom. The minimum Gasteiger partial charge on any atom is -0.457 e. The van der Waals surface area contributed by atoms with Gasteiger partial charge in [0.05, 0.1) is 18.8 Å². The largest absolute Gasteiger partial charge is 0.457 e. The van der Waals surface area contributed by atoms with Gasteiger partial charge in [-0.05, 0) is 89.8 Å². The molecule has 6 atom stereocenters. The van der Waals surface area contributed by atoms with E-state index >= 15 is 0 Å². The van der Waals surface area contributed by atoms with Gasteiger partial charge in [-0.25, -0.2) is 4.79 Å². The standard InChI is InChI=1S/C42H49N3O5/c1-28-37(24-45-27-42(4)23-34(45)22-41(2,3)26-42)49-39(50-38(28)30-15-13-29(25-46)14-16-30)31-9-8-10-33(21-31)44-40(47)43-32-17-19-36(20-18-32)48-35-11-6-5-7-12-35/h5-21,28,34,37-39,46H,22-27H2,1-4H3,(H2,43,44,47)/t28-,34?,37+,38+,39+,42?/m1/s1. The summed E-state index contributed by atoms with van der Waals surface area (Å²) in [7, 11) is 0. The minimum absolute atomic E-state index is 0.00252. The number of rotatable bonds is 9. The van der Waals surface area contributed by atoms with Crippen LogP contribution in [0.2, 0.25) is 0 Å². The lowest BCUT2D eigenvalue weighted by Gasteiger charge is -2.43. The smallest absolute Gasteiger partial charge is 0.323 e. The lowest BCUT2D eigenvalue weighted by Crippen LogP contribution is -2.46. The van der Waals surface area contributed by atoms with E-state index < -0.39 is 6.29 Å². The molecule has 7 rings (SSSR count). The average molecular weight is 676 g/mol. The molecule has 3 N–H and O–H groups in total. The molecule has 0 spiro atoms. The van der Waals surface area contributed by atoms with Crippen molar-refractivity contribution in [3.8, 4) is 11.5 Å². The molecule has 0 aromatic heterocycles.